The molecule has 1 heterocycles. The second-order valence-electron chi connectivity index (χ2n) is 6.42. The van der Waals surface area contributed by atoms with Crippen LogP contribution in [0.2, 0.25) is 0 Å². The maximum absolute atomic E-state index is 6.12. The van der Waals surface area contributed by atoms with E-state index in [1.165, 1.54) is 31.5 Å². The normalized spacial score (nSPS) is 23.3. The minimum atomic E-state index is 0.0588. The minimum Gasteiger partial charge on any atom is -0.497 e. The number of hydrogen-bond acceptors (Lipinski definition) is 3. The highest BCUT2D eigenvalue weighted by atomic mass is 16.5. The van der Waals surface area contributed by atoms with Crippen molar-refractivity contribution in [3.05, 3.63) is 29.8 Å². The molecule has 1 aliphatic rings. The summed E-state index contributed by atoms with van der Waals surface area (Å²) in [6, 6.07) is 8.37. The summed E-state index contributed by atoms with van der Waals surface area (Å²) in [6.07, 6.45) is 3.64. The van der Waals surface area contributed by atoms with Gasteiger partial charge in [-0.3, -0.25) is 4.90 Å². The fourth-order valence-electron chi connectivity index (χ4n) is 3.18. The van der Waals surface area contributed by atoms with Crippen molar-refractivity contribution in [3.63, 3.8) is 0 Å². The van der Waals surface area contributed by atoms with Gasteiger partial charge in [0.2, 0.25) is 0 Å². The molecular weight excluding hydrogens is 248 g/mol. The van der Waals surface area contributed by atoms with Crippen LogP contribution >= 0.6 is 0 Å². The largest absolute Gasteiger partial charge is 0.497 e. The average Bonchev–Trinajstić information content (AvgIpc) is 2.48. The Hall–Kier alpha value is -1.06. The third-order valence-electron chi connectivity index (χ3n) is 4.60. The first kappa shape index (κ1) is 15.3. The molecule has 0 spiro atoms. The van der Waals surface area contributed by atoms with Crippen LogP contribution < -0.4 is 10.5 Å². The van der Waals surface area contributed by atoms with Crippen LogP contribution in [0.15, 0.2) is 24.3 Å². The molecule has 2 rings (SSSR count). The summed E-state index contributed by atoms with van der Waals surface area (Å²) < 4.78 is 5.22. The lowest BCUT2D eigenvalue weighted by Gasteiger charge is -2.45. The summed E-state index contributed by atoms with van der Waals surface area (Å²) in [5, 5.41) is 0. The van der Waals surface area contributed by atoms with E-state index < -0.39 is 0 Å². The molecule has 2 N–H and O–H groups in total. The van der Waals surface area contributed by atoms with Crippen molar-refractivity contribution in [2.24, 2.45) is 11.7 Å². The molecule has 112 valence electrons. The van der Waals surface area contributed by atoms with Crippen molar-refractivity contribution in [1.82, 2.24) is 4.90 Å². The van der Waals surface area contributed by atoms with Gasteiger partial charge in [0.05, 0.1) is 7.11 Å². The van der Waals surface area contributed by atoms with Gasteiger partial charge in [0.25, 0.3) is 0 Å². The van der Waals surface area contributed by atoms with Crippen molar-refractivity contribution in [2.75, 3.05) is 26.7 Å². The van der Waals surface area contributed by atoms with Crippen molar-refractivity contribution in [1.29, 1.82) is 0 Å². The molecule has 2 atom stereocenters. The molecule has 1 saturated heterocycles. The highest BCUT2D eigenvalue weighted by molar-refractivity contribution is 5.28. The van der Waals surface area contributed by atoms with E-state index in [0.717, 1.165) is 18.1 Å². The number of rotatable bonds is 5. The number of nitrogens with two attached hydrogens (primary N) is 1. The Balaban J connectivity index is 2.09. The summed E-state index contributed by atoms with van der Waals surface area (Å²) >= 11 is 0. The Morgan fingerprint density at radius 2 is 2.05 bits per heavy atom. The van der Waals surface area contributed by atoms with Gasteiger partial charge >= 0.3 is 0 Å². The topological polar surface area (TPSA) is 38.5 Å². The first-order valence-corrected chi connectivity index (χ1v) is 7.65. The lowest BCUT2D eigenvalue weighted by Crippen LogP contribution is -2.56. The van der Waals surface area contributed by atoms with Crippen molar-refractivity contribution in [3.8, 4) is 5.75 Å². The predicted octanol–water partition coefficient (Wildman–Crippen LogP) is 2.69. The minimum absolute atomic E-state index is 0.0588. The van der Waals surface area contributed by atoms with Gasteiger partial charge in [-0.05, 0) is 56.3 Å². The highest BCUT2D eigenvalue weighted by Gasteiger charge is 2.33. The number of likely N-dealkylation sites (tertiary alicyclic amines) is 1. The molecule has 20 heavy (non-hydrogen) atoms. The summed E-state index contributed by atoms with van der Waals surface area (Å²) in [5.41, 5.74) is 7.51. The number of benzene rings is 1. The summed E-state index contributed by atoms with van der Waals surface area (Å²) in [5.74, 6) is 1.69. The van der Waals surface area contributed by atoms with Gasteiger partial charge < -0.3 is 10.5 Å². The SMILES string of the molecule is COc1ccc(CC(C)(CN)N2CCCC(C)C2)cc1. The van der Waals surface area contributed by atoms with Gasteiger partial charge in [-0.15, -0.1) is 0 Å². The van der Waals surface area contributed by atoms with Crippen LogP contribution in [0.4, 0.5) is 0 Å². The van der Waals surface area contributed by atoms with Crippen molar-refractivity contribution >= 4 is 0 Å². The lowest BCUT2D eigenvalue weighted by molar-refractivity contribution is 0.0641. The van der Waals surface area contributed by atoms with E-state index in [2.05, 4.69) is 30.9 Å². The lowest BCUT2D eigenvalue weighted by atomic mass is 9.87. The molecule has 3 heteroatoms. The predicted molar refractivity (Wildman–Crippen MR) is 84.1 cm³/mol. The van der Waals surface area contributed by atoms with E-state index in [4.69, 9.17) is 10.5 Å². The van der Waals surface area contributed by atoms with E-state index in [0.29, 0.717) is 6.54 Å². The first-order valence-electron chi connectivity index (χ1n) is 7.65. The van der Waals surface area contributed by atoms with Crippen molar-refractivity contribution in [2.45, 2.75) is 38.6 Å². The number of ether oxygens (including phenoxy) is 1. The van der Waals surface area contributed by atoms with Gasteiger partial charge in [-0.1, -0.05) is 19.1 Å². The zero-order valence-corrected chi connectivity index (χ0v) is 13.1. The molecule has 0 aromatic heterocycles. The van der Waals surface area contributed by atoms with E-state index in [1.807, 2.05) is 12.1 Å². The van der Waals surface area contributed by atoms with Crippen LogP contribution in [0.5, 0.6) is 5.75 Å². The van der Waals surface area contributed by atoms with Crippen LogP contribution in [-0.2, 0) is 6.42 Å². The second-order valence-corrected chi connectivity index (χ2v) is 6.42. The smallest absolute Gasteiger partial charge is 0.118 e. The van der Waals surface area contributed by atoms with Gasteiger partial charge in [0, 0.05) is 18.6 Å². The molecule has 0 amide bonds. The summed E-state index contributed by atoms with van der Waals surface area (Å²) in [4.78, 5) is 2.59. The number of methoxy groups -OCH3 is 1. The number of nitrogens with zero attached hydrogens (tertiary/aromatic N) is 1. The fourth-order valence-corrected chi connectivity index (χ4v) is 3.18. The monoisotopic (exact) mass is 276 g/mol. The molecule has 2 unspecified atom stereocenters. The summed E-state index contributed by atoms with van der Waals surface area (Å²) in [6.45, 7) is 7.69. The maximum atomic E-state index is 6.12. The maximum Gasteiger partial charge on any atom is 0.118 e. The Kier molecular flexibility index (Phi) is 5.06. The molecule has 0 saturated carbocycles. The molecule has 0 bridgehead atoms. The molecule has 0 aliphatic carbocycles. The molecule has 1 aromatic carbocycles. The van der Waals surface area contributed by atoms with Gasteiger partial charge in [-0.2, -0.15) is 0 Å². The zero-order chi connectivity index (χ0) is 14.6. The standard InChI is InChI=1S/C17H28N2O/c1-14-5-4-10-19(12-14)17(2,13-18)11-15-6-8-16(20-3)9-7-15/h6-9,14H,4-5,10-13,18H2,1-3H3. The highest BCUT2D eigenvalue weighted by Crippen LogP contribution is 2.27. The quantitative estimate of drug-likeness (QED) is 0.898. The van der Waals surface area contributed by atoms with Crippen LogP contribution in [0, 0.1) is 5.92 Å². The van der Waals surface area contributed by atoms with Crippen LogP contribution in [0.1, 0.15) is 32.3 Å². The second kappa shape index (κ2) is 6.59. The zero-order valence-electron chi connectivity index (χ0n) is 13.1. The Morgan fingerprint density at radius 1 is 1.35 bits per heavy atom. The Morgan fingerprint density at radius 3 is 2.60 bits per heavy atom. The molecule has 1 fully saturated rings. The number of piperidine rings is 1. The first-order chi connectivity index (χ1) is 9.57. The number of hydrogen-bond donors (Lipinski definition) is 1. The van der Waals surface area contributed by atoms with E-state index in [1.54, 1.807) is 7.11 Å². The third-order valence-corrected chi connectivity index (χ3v) is 4.60. The molecule has 1 aliphatic heterocycles. The van der Waals surface area contributed by atoms with E-state index >= 15 is 0 Å². The average molecular weight is 276 g/mol. The van der Waals surface area contributed by atoms with Gasteiger partial charge in [0.1, 0.15) is 5.75 Å². The van der Waals surface area contributed by atoms with E-state index in [-0.39, 0.29) is 5.54 Å². The molecule has 0 radical (unpaired) electrons. The molecule has 3 nitrogen and oxygen atoms in total. The fraction of sp³-hybridized carbons (Fsp3) is 0.647. The molecule has 1 aromatic rings. The molecular formula is C17H28N2O. The van der Waals surface area contributed by atoms with Crippen LogP contribution in [0.3, 0.4) is 0 Å². The van der Waals surface area contributed by atoms with E-state index in [9.17, 15) is 0 Å². The third kappa shape index (κ3) is 3.53. The van der Waals surface area contributed by atoms with Gasteiger partial charge in [0.15, 0.2) is 0 Å². The Labute approximate surface area is 123 Å². The van der Waals surface area contributed by atoms with Crippen LogP contribution in [0.25, 0.3) is 0 Å². The van der Waals surface area contributed by atoms with Crippen molar-refractivity contribution < 1.29 is 4.74 Å². The summed E-state index contributed by atoms with van der Waals surface area (Å²) in [7, 11) is 1.70. The van der Waals surface area contributed by atoms with Crippen LogP contribution in [-0.4, -0.2) is 37.2 Å². The Bertz CT molecular complexity index is 418. The van der Waals surface area contributed by atoms with Gasteiger partial charge in [-0.25, -0.2) is 0 Å².